The molecule has 1 heterocycles. The molecule has 0 aliphatic carbocycles. The van der Waals surface area contributed by atoms with Gasteiger partial charge in [0.1, 0.15) is 5.82 Å². The van der Waals surface area contributed by atoms with E-state index in [9.17, 15) is 9.18 Å². The Morgan fingerprint density at radius 2 is 2.04 bits per heavy atom. The van der Waals surface area contributed by atoms with Gasteiger partial charge in [-0.05, 0) is 56.8 Å². The molecule has 0 bridgehead atoms. The number of rotatable bonds is 7. The minimum absolute atomic E-state index is 0.0592. The van der Waals surface area contributed by atoms with E-state index in [1.165, 1.54) is 6.07 Å². The van der Waals surface area contributed by atoms with Gasteiger partial charge in [0.2, 0.25) is 5.91 Å². The number of carbonyl (C=O) groups excluding carboxylic acids is 1. The summed E-state index contributed by atoms with van der Waals surface area (Å²) in [4.78, 5) is 14.9. The number of nitrogens with zero attached hydrogens (tertiary/aromatic N) is 1. The first kappa shape index (κ1) is 17.9. The van der Waals surface area contributed by atoms with Gasteiger partial charge in [-0.3, -0.25) is 4.79 Å². The van der Waals surface area contributed by atoms with Crippen LogP contribution >= 0.6 is 0 Å². The van der Waals surface area contributed by atoms with Crippen LogP contribution in [-0.4, -0.2) is 36.5 Å². The van der Waals surface area contributed by atoms with Crippen LogP contribution in [0.4, 0.5) is 4.39 Å². The van der Waals surface area contributed by atoms with E-state index in [1.54, 1.807) is 6.07 Å². The fourth-order valence-corrected chi connectivity index (χ4v) is 3.31. The molecule has 1 unspecified atom stereocenters. The summed E-state index contributed by atoms with van der Waals surface area (Å²) in [7, 11) is 0. The Kier molecular flexibility index (Phi) is 7.03. The summed E-state index contributed by atoms with van der Waals surface area (Å²) in [6.45, 7) is 6.90. The summed E-state index contributed by atoms with van der Waals surface area (Å²) in [5.74, 6) is 0.00190. The molecule has 0 radical (unpaired) electrons. The summed E-state index contributed by atoms with van der Waals surface area (Å²) < 4.78 is 13.7. The van der Waals surface area contributed by atoms with Crippen molar-refractivity contribution in [1.82, 2.24) is 10.2 Å². The highest BCUT2D eigenvalue weighted by molar-refractivity contribution is 5.78. The second-order valence-electron chi connectivity index (χ2n) is 6.54. The molecule has 3 nitrogen and oxygen atoms in total. The third-order valence-electron chi connectivity index (χ3n) is 4.72. The Balaban J connectivity index is 1.94. The number of benzene rings is 1. The SMILES string of the molecule is CCCN(C(=O)C(C)CCc1ccccc1F)C1CCNCC1. The van der Waals surface area contributed by atoms with Gasteiger partial charge in [-0.2, -0.15) is 0 Å². The van der Waals surface area contributed by atoms with Crippen LogP contribution in [0.25, 0.3) is 0 Å². The number of aryl methyl sites for hydroxylation is 1. The minimum atomic E-state index is -0.170. The molecule has 0 spiro atoms. The smallest absolute Gasteiger partial charge is 0.225 e. The van der Waals surface area contributed by atoms with Gasteiger partial charge in [-0.1, -0.05) is 32.0 Å². The average Bonchev–Trinajstić information content (AvgIpc) is 2.59. The normalized spacial score (nSPS) is 17.0. The Morgan fingerprint density at radius 3 is 2.70 bits per heavy atom. The molecule has 1 aromatic rings. The monoisotopic (exact) mass is 320 g/mol. The Hall–Kier alpha value is -1.42. The zero-order chi connectivity index (χ0) is 16.7. The number of carbonyl (C=O) groups is 1. The number of amides is 1. The van der Waals surface area contributed by atoms with Gasteiger partial charge in [0.05, 0.1) is 0 Å². The first-order chi connectivity index (χ1) is 11.1. The van der Waals surface area contributed by atoms with Gasteiger partial charge in [0, 0.05) is 18.5 Å². The average molecular weight is 320 g/mol. The van der Waals surface area contributed by atoms with Crippen LogP contribution in [-0.2, 0) is 11.2 Å². The van der Waals surface area contributed by atoms with Crippen molar-refractivity contribution in [3.8, 4) is 0 Å². The van der Waals surface area contributed by atoms with Crippen LogP contribution in [0.15, 0.2) is 24.3 Å². The van der Waals surface area contributed by atoms with Gasteiger partial charge in [0.15, 0.2) is 0 Å². The van der Waals surface area contributed by atoms with Gasteiger partial charge in [-0.15, -0.1) is 0 Å². The molecule has 1 fully saturated rings. The largest absolute Gasteiger partial charge is 0.339 e. The van der Waals surface area contributed by atoms with Crippen molar-refractivity contribution in [3.63, 3.8) is 0 Å². The fourth-order valence-electron chi connectivity index (χ4n) is 3.31. The summed E-state index contributed by atoms with van der Waals surface area (Å²) in [5.41, 5.74) is 0.705. The first-order valence-corrected chi connectivity index (χ1v) is 8.88. The molecule has 1 atom stereocenters. The number of nitrogens with one attached hydrogen (secondary N) is 1. The maximum Gasteiger partial charge on any atom is 0.225 e. The quantitative estimate of drug-likeness (QED) is 0.835. The topological polar surface area (TPSA) is 32.3 Å². The van der Waals surface area contributed by atoms with Crippen molar-refractivity contribution >= 4 is 5.91 Å². The molecule has 1 aromatic carbocycles. The lowest BCUT2D eigenvalue weighted by molar-refractivity contribution is -0.138. The van der Waals surface area contributed by atoms with Gasteiger partial charge < -0.3 is 10.2 Å². The van der Waals surface area contributed by atoms with Crippen molar-refractivity contribution in [2.45, 2.75) is 52.0 Å². The molecular formula is C19H29FN2O. The lowest BCUT2D eigenvalue weighted by atomic mass is 9.97. The van der Waals surface area contributed by atoms with E-state index >= 15 is 0 Å². The third kappa shape index (κ3) is 5.03. The molecule has 1 amide bonds. The second-order valence-corrected chi connectivity index (χ2v) is 6.54. The highest BCUT2D eigenvalue weighted by atomic mass is 19.1. The third-order valence-corrected chi connectivity index (χ3v) is 4.72. The highest BCUT2D eigenvalue weighted by Gasteiger charge is 2.27. The molecule has 1 saturated heterocycles. The molecule has 4 heteroatoms. The number of hydrogen-bond acceptors (Lipinski definition) is 2. The second kappa shape index (κ2) is 9.02. The molecule has 128 valence electrons. The molecule has 1 aliphatic rings. The molecule has 0 aromatic heterocycles. The molecule has 1 N–H and O–H groups in total. The molecule has 1 aliphatic heterocycles. The number of hydrogen-bond donors (Lipinski definition) is 1. The summed E-state index contributed by atoms with van der Waals surface area (Å²) in [6.07, 6.45) is 4.37. The highest BCUT2D eigenvalue weighted by Crippen LogP contribution is 2.19. The van der Waals surface area contributed by atoms with Crippen LogP contribution in [0.1, 0.15) is 45.1 Å². The first-order valence-electron chi connectivity index (χ1n) is 8.88. The van der Waals surface area contributed by atoms with Crippen LogP contribution < -0.4 is 5.32 Å². The molecule has 2 rings (SSSR count). The zero-order valence-corrected chi connectivity index (χ0v) is 14.4. The van der Waals surface area contributed by atoms with Crippen LogP contribution in [0.3, 0.4) is 0 Å². The Bertz CT molecular complexity index is 500. The van der Waals surface area contributed by atoms with E-state index in [0.717, 1.165) is 38.9 Å². The van der Waals surface area contributed by atoms with Crippen molar-refractivity contribution in [3.05, 3.63) is 35.6 Å². The maximum atomic E-state index is 13.7. The Morgan fingerprint density at radius 1 is 1.35 bits per heavy atom. The molecular weight excluding hydrogens is 291 g/mol. The van der Waals surface area contributed by atoms with Crippen LogP contribution in [0.5, 0.6) is 0 Å². The number of piperidine rings is 1. The van der Waals surface area contributed by atoms with E-state index in [0.29, 0.717) is 24.4 Å². The molecule has 23 heavy (non-hydrogen) atoms. The molecule has 0 saturated carbocycles. The lowest BCUT2D eigenvalue weighted by Crippen LogP contribution is -2.48. The summed E-state index contributed by atoms with van der Waals surface area (Å²) >= 11 is 0. The maximum absolute atomic E-state index is 13.7. The minimum Gasteiger partial charge on any atom is -0.339 e. The lowest BCUT2D eigenvalue weighted by Gasteiger charge is -2.36. The van der Waals surface area contributed by atoms with Gasteiger partial charge in [0.25, 0.3) is 0 Å². The van der Waals surface area contributed by atoms with E-state index in [2.05, 4.69) is 17.1 Å². The van der Waals surface area contributed by atoms with Crippen LogP contribution in [0.2, 0.25) is 0 Å². The van der Waals surface area contributed by atoms with Gasteiger partial charge >= 0.3 is 0 Å². The predicted octanol–water partition coefficient (Wildman–Crippen LogP) is 3.39. The van der Waals surface area contributed by atoms with E-state index in [1.807, 2.05) is 19.1 Å². The summed E-state index contributed by atoms with van der Waals surface area (Å²) in [6, 6.07) is 7.21. The van der Waals surface area contributed by atoms with Gasteiger partial charge in [-0.25, -0.2) is 4.39 Å². The predicted molar refractivity (Wildman–Crippen MR) is 91.8 cm³/mol. The van der Waals surface area contributed by atoms with Crippen molar-refractivity contribution in [1.29, 1.82) is 0 Å². The van der Waals surface area contributed by atoms with Crippen molar-refractivity contribution in [2.75, 3.05) is 19.6 Å². The van der Waals surface area contributed by atoms with E-state index in [-0.39, 0.29) is 17.6 Å². The Labute approximate surface area is 139 Å². The van der Waals surface area contributed by atoms with Crippen LogP contribution in [0, 0.1) is 11.7 Å². The standard InChI is InChI=1S/C19H29FN2O/c1-3-14-22(17-10-12-21-13-11-17)19(23)15(2)8-9-16-6-4-5-7-18(16)20/h4-7,15,17,21H,3,8-14H2,1-2H3. The van der Waals surface area contributed by atoms with E-state index in [4.69, 9.17) is 0 Å². The zero-order valence-electron chi connectivity index (χ0n) is 14.4. The summed E-state index contributed by atoms with van der Waals surface area (Å²) in [5, 5.41) is 3.35. The van der Waals surface area contributed by atoms with E-state index < -0.39 is 0 Å². The van der Waals surface area contributed by atoms with Crippen molar-refractivity contribution in [2.24, 2.45) is 5.92 Å². The fraction of sp³-hybridized carbons (Fsp3) is 0.632. The number of halogens is 1. The van der Waals surface area contributed by atoms with Crippen molar-refractivity contribution < 1.29 is 9.18 Å².